The van der Waals surface area contributed by atoms with Gasteiger partial charge in [0.2, 0.25) is 20.0 Å². The Kier molecular flexibility index (Phi) is 25.9. The number of rotatable bonds is 27. The summed E-state index contributed by atoms with van der Waals surface area (Å²) in [7, 11) is -5.09. The molecule has 4 aromatic rings. The number of aliphatic hydroxyl groups excluding tert-OH is 2. The molecule has 0 spiro atoms. The maximum Gasteiger partial charge on any atom is 0.407 e. The van der Waals surface area contributed by atoms with Crippen molar-refractivity contribution in [1.82, 2.24) is 19.2 Å². The van der Waals surface area contributed by atoms with Crippen molar-refractivity contribution in [2.75, 3.05) is 53.6 Å². The fourth-order valence-electron chi connectivity index (χ4n) is 11.6. The van der Waals surface area contributed by atoms with E-state index in [0.717, 1.165) is 75.3 Å². The van der Waals surface area contributed by atoms with Crippen LogP contribution in [0.5, 0.6) is 11.5 Å². The van der Waals surface area contributed by atoms with Gasteiger partial charge in [0.25, 0.3) is 0 Å². The molecular weight excluding hydrogens is 1120 g/mol. The smallest absolute Gasteiger partial charge is 0.407 e. The summed E-state index contributed by atoms with van der Waals surface area (Å²) in [4.78, 5) is 25.8. The second-order valence-electron chi connectivity index (χ2n) is 23.8. The van der Waals surface area contributed by atoms with Crippen molar-refractivity contribution in [3.05, 3.63) is 120 Å². The van der Waals surface area contributed by atoms with Crippen molar-refractivity contribution in [2.45, 2.75) is 176 Å². The van der Waals surface area contributed by atoms with E-state index in [1.54, 1.807) is 45.0 Å². The standard InChI is InChI=1S/C32H43N3O7S.C32H45N3O6S/c1-40-26-11-13-28(14-12-26)43(38,39)35(24-32(18-8-19-33)16-6-3-7-17-32)22-30(36)29(21-25-9-4-2-5-10-25)34-31(37)42-27-15-20-41-23-27;1-31(2,3)41-30(37)34-28(22-25-12-7-5-8-13-25)29(36)23-35(24-32(20-11-21-33)18-9-6-10-19-32)42(38,39)27-16-14-26(40-4)15-17-27/h2,4-5,9-14,27,29-30,36H,3,6-8,15-18,20-24H2,1H3,(H,34,37);5,7-8,12-17,28-29,36H,6,9-11,18-20,22-24H2,1-4H3,(H,34,37)/t27?,29-,30+;28-,29+/m00/s1. The van der Waals surface area contributed by atoms with Crippen molar-refractivity contribution in [3.63, 3.8) is 0 Å². The van der Waals surface area contributed by atoms with E-state index in [2.05, 4.69) is 22.8 Å². The van der Waals surface area contributed by atoms with Gasteiger partial charge in [0.15, 0.2) is 0 Å². The van der Waals surface area contributed by atoms with E-state index < -0.39 is 62.1 Å². The third-order valence-corrected chi connectivity index (χ3v) is 19.9. The number of nitrogens with zero attached hydrogens (tertiary/aromatic N) is 4. The number of methoxy groups -OCH3 is 2. The molecule has 19 nitrogen and oxygen atoms in total. The van der Waals surface area contributed by atoms with Gasteiger partial charge in [-0.15, -0.1) is 0 Å². The lowest BCUT2D eigenvalue weighted by Crippen LogP contribution is -2.53. The molecule has 3 aliphatic rings. The molecule has 21 heteroatoms. The lowest BCUT2D eigenvalue weighted by Gasteiger charge is -2.41. The second-order valence-corrected chi connectivity index (χ2v) is 27.7. The van der Waals surface area contributed by atoms with Crippen LogP contribution in [-0.4, -0.2) is 137 Å². The topological polar surface area (TPSA) is 267 Å². The number of nitrogens with one attached hydrogen (secondary N) is 2. The van der Waals surface area contributed by atoms with E-state index in [1.165, 1.54) is 47.1 Å². The molecule has 1 aliphatic heterocycles. The summed E-state index contributed by atoms with van der Waals surface area (Å²) in [6.45, 7) is 5.95. The van der Waals surface area contributed by atoms with Crippen LogP contribution in [0.4, 0.5) is 9.59 Å². The van der Waals surface area contributed by atoms with Crippen molar-refractivity contribution in [3.8, 4) is 23.6 Å². The van der Waals surface area contributed by atoms with Gasteiger partial charge in [0.1, 0.15) is 23.2 Å². The molecule has 7 rings (SSSR count). The number of benzene rings is 4. The molecule has 2 amide bonds. The molecule has 0 radical (unpaired) electrons. The summed E-state index contributed by atoms with van der Waals surface area (Å²) in [6.07, 6.45) is 7.92. The van der Waals surface area contributed by atoms with Crippen LogP contribution in [0.2, 0.25) is 0 Å². The highest BCUT2D eigenvalue weighted by Gasteiger charge is 2.42. The van der Waals surface area contributed by atoms with Crippen LogP contribution in [-0.2, 0) is 47.1 Å². The minimum Gasteiger partial charge on any atom is -0.497 e. The molecule has 2 saturated carbocycles. The van der Waals surface area contributed by atoms with Crippen LogP contribution in [0.25, 0.3) is 0 Å². The van der Waals surface area contributed by atoms with Gasteiger partial charge in [0, 0.05) is 45.4 Å². The fourth-order valence-corrected chi connectivity index (χ4v) is 14.8. The highest BCUT2D eigenvalue weighted by molar-refractivity contribution is 7.89. The maximum absolute atomic E-state index is 14.2. The first-order valence-electron chi connectivity index (χ1n) is 29.6. The number of hydrogen-bond acceptors (Lipinski definition) is 15. The lowest BCUT2D eigenvalue weighted by molar-refractivity contribution is 0.0376. The van der Waals surface area contributed by atoms with Crippen LogP contribution in [0, 0.1) is 33.5 Å². The second kappa shape index (κ2) is 32.4. The molecule has 4 N–H and O–H groups in total. The zero-order valence-electron chi connectivity index (χ0n) is 50.0. The highest BCUT2D eigenvalue weighted by atomic mass is 32.2. The quantitative estimate of drug-likeness (QED) is 0.0433. The van der Waals surface area contributed by atoms with Crippen molar-refractivity contribution in [2.24, 2.45) is 10.8 Å². The van der Waals surface area contributed by atoms with Gasteiger partial charge in [-0.1, -0.05) is 99.2 Å². The SMILES string of the molecule is COc1ccc(S(=O)(=O)N(C[C@@H](O)[C@H](Cc2ccccc2)NC(=O)OC(C)(C)C)CC2(CCC#N)CCCCC2)cc1.COc1ccc(S(=O)(=O)N(C[C@@H](O)[C@H](Cc2ccccc2)NC(=O)OC2CCOC2)CC2(CCC#N)CCCCC2)cc1. The molecule has 1 unspecified atom stereocenters. The van der Waals surface area contributed by atoms with Crippen LogP contribution in [0.3, 0.4) is 0 Å². The summed E-state index contributed by atoms with van der Waals surface area (Å²) in [5.74, 6) is 1.06. The first-order valence-corrected chi connectivity index (χ1v) is 32.5. The average Bonchev–Trinajstić information content (AvgIpc) is 3.37. The zero-order chi connectivity index (χ0) is 61.5. The highest BCUT2D eigenvalue weighted by Crippen LogP contribution is 2.43. The Morgan fingerprint density at radius 3 is 1.39 bits per heavy atom. The molecule has 4 aromatic carbocycles. The summed E-state index contributed by atoms with van der Waals surface area (Å²) in [5.41, 5.74) is 0.250. The van der Waals surface area contributed by atoms with Gasteiger partial charge >= 0.3 is 12.2 Å². The Bertz CT molecular complexity index is 2990. The molecule has 5 atom stereocenters. The van der Waals surface area contributed by atoms with Crippen LogP contribution >= 0.6 is 0 Å². The molecule has 464 valence electrons. The third-order valence-electron chi connectivity index (χ3n) is 16.3. The Labute approximate surface area is 504 Å². The minimum atomic E-state index is -4.06. The Hall–Kier alpha value is -6.30. The van der Waals surface area contributed by atoms with Crippen LogP contribution in [0.1, 0.15) is 128 Å². The molecular formula is C64H88N6O13S2. The van der Waals surface area contributed by atoms with Crippen LogP contribution in [0.15, 0.2) is 119 Å². The zero-order valence-corrected chi connectivity index (χ0v) is 51.7. The number of nitriles is 2. The molecule has 0 bridgehead atoms. The van der Waals surface area contributed by atoms with Gasteiger partial charge in [-0.3, -0.25) is 0 Å². The van der Waals surface area contributed by atoms with Crippen molar-refractivity contribution < 1.29 is 60.3 Å². The Morgan fingerprint density at radius 1 is 0.635 bits per heavy atom. The molecule has 1 saturated heterocycles. The van der Waals surface area contributed by atoms with Crippen molar-refractivity contribution >= 4 is 32.2 Å². The lowest BCUT2D eigenvalue weighted by atomic mass is 9.71. The Morgan fingerprint density at radius 2 is 1.04 bits per heavy atom. The van der Waals surface area contributed by atoms with Gasteiger partial charge in [0.05, 0.1) is 73.7 Å². The summed E-state index contributed by atoms with van der Waals surface area (Å²) in [5, 5.41) is 47.6. The number of ether oxygens (including phenoxy) is 5. The molecule has 0 aromatic heterocycles. The number of sulfonamides is 2. The Balaban J connectivity index is 0.000000272. The molecule has 85 heavy (non-hydrogen) atoms. The normalized spacial score (nSPS) is 18.2. The molecule has 2 aliphatic carbocycles. The predicted molar refractivity (Wildman–Crippen MR) is 322 cm³/mol. The minimum absolute atomic E-state index is 0.0833. The van der Waals surface area contributed by atoms with Crippen molar-refractivity contribution in [1.29, 1.82) is 10.5 Å². The van der Waals surface area contributed by atoms with E-state index in [0.29, 0.717) is 56.8 Å². The van der Waals surface area contributed by atoms with Crippen LogP contribution < -0.4 is 20.1 Å². The monoisotopic (exact) mass is 1210 g/mol. The predicted octanol–water partition coefficient (Wildman–Crippen LogP) is 9.86. The number of amides is 2. The number of hydrogen-bond donors (Lipinski definition) is 4. The van der Waals surface area contributed by atoms with Gasteiger partial charge in [-0.05, 0) is 143 Å². The van der Waals surface area contributed by atoms with E-state index in [4.69, 9.17) is 23.7 Å². The first kappa shape index (κ1) is 67.8. The third kappa shape index (κ3) is 21.0. The molecule has 1 heterocycles. The van der Waals surface area contributed by atoms with E-state index in [9.17, 15) is 47.2 Å². The van der Waals surface area contributed by atoms with E-state index in [-0.39, 0.29) is 65.7 Å². The maximum atomic E-state index is 14.2. The van der Waals surface area contributed by atoms with Gasteiger partial charge < -0.3 is 44.5 Å². The average molecular weight is 1210 g/mol. The molecule has 3 fully saturated rings. The van der Waals surface area contributed by atoms with Gasteiger partial charge in [-0.2, -0.15) is 19.1 Å². The number of carbonyl (C=O) groups excluding carboxylic acids is 2. The fraction of sp³-hybridized carbons (Fsp3) is 0.562. The largest absolute Gasteiger partial charge is 0.497 e. The summed E-state index contributed by atoms with van der Waals surface area (Å²) in [6, 6.07) is 34.0. The first-order chi connectivity index (χ1) is 40.6. The van der Waals surface area contributed by atoms with E-state index in [1.807, 2.05) is 60.7 Å². The number of alkyl carbamates (subject to hydrolysis) is 2. The summed E-state index contributed by atoms with van der Waals surface area (Å²) < 4.78 is 86.1. The van der Waals surface area contributed by atoms with E-state index >= 15 is 0 Å². The number of carbonyl (C=O) groups is 2. The van der Waals surface area contributed by atoms with Gasteiger partial charge in [-0.25, -0.2) is 26.4 Å². The number of aliphatic hydroxyl groups is 2. The summed E-state index contributed by atoms with van der Waals surface area (Å²) >= 11 is 0.